The molecule has 0 aliphatic heterocycles. The molecule has 1 atom stereocenters. The Kier molecular flexibility index (Phi) is 7.19. The minimum Gasteiger partial charge on any atom is -0.497 e. The summed E-state index contributed by atoms with van der Waals surface area (Å²) in [6, 6.07) is 12.7. The lowest BCUT2D eigenvalue weighted by Crippen LogP contribution is -3.08. The summed E-state index contributed by atoms with van der Waals surface area (Å²) in [5, 5.41) is 5.55. The number of likely N-dealkylation sites (N-methyl/N-ethyl adjacent to an activating group) is 1. The van der Waals surface area contributed by atoms with Crippen LogP contribution in [0.1, 0.15) is 12.5 Å². The molecule has 27 heavy (non-hydrogen) atoms. The first-order valence-corrected chi connectivity index (χ1v) is 8.61. The van der Waals surface area contributed by atoms with Gasteiger partial charge < -0.3 is 25.0 Å². The number of quaternary nitrogens is 1. The number of benzene rings is 2. The quantitative estimate of drug-likeness (QED) is 0.653. The molecule has 0 saturated heterocycles. The van der Waals surface area contributed by atoms with Gasteiger partial charge in [-0.2, -0.15) is 0 Å². The second kappa shape index (κ2) is 9.59. The predicted octanol–water partition coefficient (Wildman–Crippen LogP) is 1.32. The van der Waals surface area contributed by atoms with Gasteiger partial charge in [-0.15, -0.1) is 0 Å². The van der Waals surface area contributed by atoms with Crippen molar-refractivity contribution >= 4 is 23.2 Å². The molecule has 0 fully saturated rings. The van der Waals surface area contributed by atoms with E-state index in [-0.39, 0.29) is 11.8 Å². The maximum absolute atomic E-state index is 12.3. The number of amides is 2. The molecule has 7 heteroatoms. The highest BCUT2D eigenvalue weighted by Gasteiger charge is 2.14. The summed E-state index contributed by atoms with van der Waals surface area (Å²) in [6.45, 7) is 2.40. The molecule has 2 aromatic rings. The van der Waals surface area contributed by atoms with E-state index >= 15 is 0 Å². The molecule has 0 aliphatic rings. The van der Waals surface area contributed by atoms with Crippen molar-refractivity contribution in [1.29, 1.82) is 0 Å². The van der Waals surface area contributed by atoms with E-state index in [0.29, 0.717) is 24.5 Å². The number of ether oxygens (including phenoxy) is 2. The van der Waals surface area contributed by atoms with Crippen molar-refractivity contribution in [3.63, 3.8) is 0 Å². The van der Waals surface area contributed by atoms with Crippen molar-refractivity contribution in [2.45, 2.75) is 13.5 Å². The van der Waals surface area contributed by atoms with Crippen molar-refractivity contribution in [1.82, 2.24) is 0 Å². The summed E-state index contributed by atoms with van der Waals surface area (Å²) in [5.41, 5.74) is 2.38. The van der Waals surface area contributed by atoms with E-state index in [1.54, 1.807) is 38.5 Å². The van der Waals surface area contributed by atoms with Crippen LogP contribution in [0.3, 0.4) is 0 Å². The first kappa shape index (κ1) is 20.3. The number of rotatable bonds is 8. The monoisotopic (exact) mass is 372 g/mol. The molecule has 0 heterocycles. The Labute approximate surface area is 159 Å². The Hall–Kier alpha value is -3.06. The topological polar surface area (TPSA) is 81.1 Å². The molecule has 0 radical (unpaired) electrons. The van der Waals surface area contributed by atoms with Gasteiger partial charge in [0.05, 0.1) is 21.3 Å². The highest BCUT2D eigenvalue weighted by molar-refractivity contribution is 5.92. The normalized spacial score (nSPS) is 11.4. The number of hydrogen-bond donors (Lipinski definition) is 3. The number of carbonyl (C=O) groups excluding carboxylic acids is 2. The Morgan fingerprint density at radius 1 is 0.963 bits per heavy atom. The third-order valence-electron chi connectivity index (χ3n) is 3.94. The Morgan fingerprint density at radius 2 is 1.59 bits per heavy atom. The molecule has 7 nitrogen and oxygen atoms in total. The number of carbonyl (C=O) groups is 2. The van der Waals surface area contributed by atoms with Gasteiger partial charge >= 0.3 is 0 Å². The fraction of sp³-hybridized carbons (Fsp3) is 0.300. The van der Waals surface area contributed by atoms with Crippen LogP contribution in [0.25, 0.3) is 0 Å². The predicted molar refractivity (Wildman–Crippen MR) is 104 cm³/mol. The third kappa shape index (κ3) is 6.31. The fourth-order valence-electron chi connectivity index (χ4n) is 2.70. The van der Waals surface area contributed by atoms with Gasteiger partial charge in [0, 0.05) is 29.9 Å². The summed E-state index contributed by atoms with van der Waals surface area (Å²) < 4.78 is 10.6. The van der Waals surface area contributed by atoms with Crippen LogP contribution in [-0.2, 0) is 16.1 Å². The van der Waals surface area contributed by atoms with Crippen molar-refractivity contribution in [3.05, 3.63) is 48.0 Å². The highest BCUT2D eigenvalue weighted by Crippen LogP contribution is 2.23. The van der Waals surface area contributed by atoms with E-state index in [9.17, 15) is 9.59 Å². The standard InChI is InChI=1S/C20H25N3O4/c1-14(24)21-16-6-8-17(9-7-16)22-20(25)13-23(2)12-15-5-10-18(26-3)11-19(15)27-4/h5-11H,12-13H2,1-4H3,(H,21,24)(H,22,25)/p+1. The zero-order valence-corrected chi connectivity index (χ0v) is 16.1. The van der Waals surface area contributed by atoms with Crippen molar-refractivity contribution in [2.24, 2.45) is 0 Å². The minimum absolute atomic E-state index is 0.0905. The molecule has 0 aromatic heterocycles. The maximum atomic E-state index is 12.3. The number of nitrogens with one attached hydrogen (secondary N) is 3. The van der Waals surface area contributed by atoms with Crippen LogP contribution >= 0.6 is 0 Å². The number of methoxy groups -OCH3 is 2. The molecule has 0 spiro atoms. The molecule has 144 valence electrons. The molecule has 0 saturated carbocycles. The van der Waals surface area contributed by atoms with E-state index in [0.717, 1.165) is 22.0 Å². The van der Waals surface area contributed by atoms with E-state index in [4.69, 9.17) is 9.47 Å². The first-order chi connectivity index (χ1) is 12.9. The van der Waals surface area contributed by atoms with Crippen LogP contribution in [0.2, 0.25) is 0 Å². The zero-order chi connectivity index (χ0) is 19.8. The molecule has 2 amide bonds. The Morgan fingerprint density at radius 3 is 2.15 bits per heavy atom. The number of anilines is 2. The van der Waals surface area contributed by atoms with Crippen molar-refractivity contribution < 1.29 is 24.0 Å². The average Bonchev–Trinajstić information content (AvgIpc) is 2.63. The lowest BCUT2D eigenvalue weighted by Gasteiger charge is -2.16. The van der Waals surface area contributed by atoms with Gasteiger partial charge in [0.25, 0.3) is 5.91 Å². The Bertz CT molecular complexity index is 790. The molecule has 2 aromatic carbocycles. The van der Waals surface area contributed by atoms with Gasteiger partial charge in [-0.25, -0.2) is 0 Å². The first-order valence-electron chi connectivity index (χ1n) is 8.61. The Balaban J connectivity index is 1.91. The van der Waals surface area contributed by atoms with Crippen LogP contribution in [-0.4, -0.2) is 39.6 Å². The van der Waals surface area contributed by atoms with Crippen LogP contribution < -0.4 is 25.0 Å². The second-order valence-corrected chi connectivity index (χ2v) is 6.30. The van der Waals surface area contributed by atoms with Gasteiger partial charge in [-0.1, -0.05) is 0 Å². The third-order valence-corrected chi connectivity index (χ3v) is 3.94. The molecule has 0 aliphatic carbocycles. The minimum atomic E-state index is -0.133. The maximum Gasteiger partial charge on any atom is 0.279 e. The number of hydrogen-bond acceptors (Lipinski definition) is 4. The lowest BCUT2D eigenvalue weighted by atomic mass is 10.2. The second-order valence-electron chi connectivity index (χ2n) is 6.30. The summed E-state index contributed by atoms with van der Waals surface area (Å²) in [7, 11) is 5.17. The van der Waals surface area contributed by atoms with E-state index in [2.05, 4.69) is 10.6 Å². The summed E-state index contributed by atoms with van der Waals surface area (Å²) >= 11 is 0. The SMILES string of the molecule is COc1ccc(C[NH+](C)CC(=O)Nc2ccc(NC(C)=O)cc2)c(OC)c1. The van der Waals surface area contributed by atoms with Crippen LogP contribution in [0.15, 0.2) is 42.5 Å². The van der Waals surface area contributed by atoms with Crippen LogP contribution in [0.5, 0.6) is 11.5 Å². The highest BCUT2D eigenvalue weighted by atomic mass is 16.5. The van der Waals surface area contributed by atoms with Gasteiger partial charge in [0.2, 0.25) is 5.91 Å². The fourth-order valence-corrected chi connectivity index (χ4v) is 2.70. The molecular weight excluding hydrogens is 346 g/mol. The van der Waals surface area contributed by atoms with E-state index in [1.807, 2.05) is 25.2 Å². The zero-order valence-electron chi connectivity index (χ0n) is 16.1. The van der Waals surface area contributed by atoms with Crippen molar-refractivity contribution in [2.75, 3.05) is 38.4 Å². The molecule has 3 N–H and O–H groups in total. The summed E-state index contributed by atoms with van der Waals surface area (Å²) in [5.74, 6) is 1.25. The van der Waals surface area contributed by atoms with Crippen molar-refractivity contribution in [3.8, 4) is 11.5 Å². The molecule has 1 unspecified atom stereocenters. The lowest BCUT2D eigenvalue weighted by molar-refractivity contribution is -0.885. The van der Waals surface area contributed by atoms with Gasteiger partial charge in [0.15, 0.2) is 6.54 Å². The molecular formula is C20H26N3O4+. The summed E-state index contributed by atoms with van der Waals surface area (Å²) in [6.07, 6.45) is 0. The summed E-state index contributed by atoms with van der Waals surface area (Å²) in [4.78, 5) is 24.3. The largest absolute Gasteiger partial charge is 0.497 e. The van der Waals surface area contributed by atoms with Gasteiger partial charge in [-0.3, -0.25) is 9.59 Å². The molecule has 2 rings (SSSR count). The van der Waals surface area contributed by atoms with Gasteiger partial charge in [-0.05, 0) is 36.4 Å². The molecule has 0 bridgehead atoms. The van der Waals surface area contributed by atoms with E-state index < -0.39 is 0 Å². The average molecular weight is 372 g/mol. The smallest absolute Gasteiger partial charge is 0.279 e. The van der Waals surface area contributed by atoms with E-state index in [1.165, 1.54) is 6.92 Å². The van der Waals surface area contributed by atoms with Crippen LogP contribution in [0, 0.1) is 0 Å². The van der Waals surface area contributed by atoms with Gasteiger partial charge in [0.1, 0.15) is 18.0 Å². The van der Waals surface area contributed by atoms with Crippen LogP contribution in [0.4, 0.5) is 11.4 Å².